The predicted molar refractivity (Wildman–Crippen MR) is 149 cm³/mol. The molecule has 1 spiro atoms. The zero-order valence-electron chi connectivity index (χ0n) is 22.6. The van der Waals surface area contributed by atoms with E-state index < -0.39 is 5.60 Å². The number of hydrogen-bond acceptors (Lipinski definition) is 4. The van der Waals surface area contributed by atoms with E-state index in [1.54, 1.807) is 0 Å². The Bertz CT molecular complexity index is 1120. The largest absolute Gasteiger partial charge is 0.444 e. The fourth-order valence-electron chi connectivity index (χ4n) is 6.03. The van der Waals surface area contributed by atoms with Crippen molar-refractivity contribution in [2.75, 3.05) is 20.1 Å². The minimum atomic E-state index is -0.472. The van der Waals surface area contributed by atoms with E-state index in [0.717, 1.165) is 72.8 Å². The summed E-state index contributed by atoms with van der Waals surface area (Å²) in [4.78, 5) is 19.0. The van der Waals surface area contributed by atoms with Crippen molar-refractivity contribution < 1.29 is 9.53 Å². The molecule has 4 rings (SSSR count). The molecule has 36 heavy (non-hydrogen) atoms. The molecule has 6 heteroatoms. The number of benzene rings is 1. The Morgan fingerprint density at radius 3 is 2.53 bits per heavy atom. The lowest BCUT2D eigenvalue weighted by atomic mass is 9.51. The van der Waals surface area contributed by atoms with Crippen LogP contribution in [0, 0.1) is 12.3 Å². The van der Waals surface area contributed by atoms with Gasteiger partial charge in [-0.2, -0.15) is 0 Å². The average molecular weight is 510 g/mol. The molecule has 0 aromatic heterocycles. The molecular weight excluding hydrogens is 470 g/mol. The number of hydrogen-bond donors (Lipinski definition) is 1. The van der Waals surface area contributed by atoms with Gasteiger partial charge in [0.1, 0.15) is 5.60 Å². The third-order valence-corrected chi connectivity index (χ3v) is 8.10. The molecule has 5 nitrogen and oxygen atoms in total. The highest BCUT2D eigenvalue weighted by atomic mass is 35.5. The summed E-state index contributed by atoms with van der Waals surface area (Å²) >= 11 is 6.59. The van der Waals surface area contributed by atoms with E-state index in [1.807, 2.05) is 38.8 Å². The van der Waals surface area contributed by atoms with Crippen LogP contribution < -0.4 is 5.32 Å². The van der Waals surface area contributed by atoms with Gasteiger partial charge >= 0.3 is 6.09 Å². The van der Waals surface area contributed by atoms with E-state index in [1.165, 1.54) is 5.56 Å². The SMILES string of the molecule is CC/C=C1/C=CC(NC2(c3cccc(Cl)c3C)CC3(CCN(C(=O)OC(C)(C)C)CC3)C2)=CC1=NC. The zero-order chi connectivity index (χ0) is 26.1. The summed E-state index contributed by atoms with van der Waals surface area (Å²) < 4.78 is 5.61. The van der Waals surface area contributed by atoms with E-state index >= 15 is 0 Å². The summed E-state index contributed by atoms with van der Waals surface area (Å²) in [5.74, 6) is 0. The lowest BCUT2D eigenvalue weighted by Gasteiger charge is -2.60. The molecule has 0 radical (unpaired) electrons. The minimum Gasteiger partial charge on any atom is -0.444 e. The second-order valence-electron chi connectivity index (χ2n) is 11.6. The van der Waals surface area contributed by atoms with Crippen LogP contribution in [0.3, 0.4) is 0 Å². The van der Waals surface area contributed by atoms with Crippen LogP contribution in [0.25, 0.3) is 0 Å². The van der Waals surface area contributed by atoms with Gasteiger partial charge in [0.15, 0.2) is 0 Å². The first-order valence-electron chi connectivity index (χ1n) is 13.1. The average Bonchev–Trinajstić information content (AvgIpc) is 2.80. The van der Waals surface area contributed by atoms with Gasteiger partial charge in [0.05, 0.1) is 11.3 Å². The van der Waals surface area contributed by atoms with Crippen LogP contribution in [-0.2, 0) is 10.3 Å². The van der Waals surface area contributed by atoms with Gasteiger partial charge < -0.3 is 15.0 Å². The van der Waals surface area contributed by atoms with Crippen LogP contribution in [0.1, 0.15) is 70.9 Å². The molecule has 1 amide bonds. The summed E-state index contributed by atoms with van der Waals surface area (Å²) in [6, 6.07) is 6.23. The van der Waals surface area contributed by atoms with Crippen LogP contribution in [-0.4, -0.2) is 42.4 Å². The van der Waals surface area contributed by atoms with Crippen LogP contribution in [0.5, 0.6) is 0 Å². The monoisotopic (exact) mass is 509 g/mol. The van der Waals surface area contributed by atoms with Crippen molar-refractivity contribution in [3.8, 4) is 0 Å². The maximum atomic E-state index is 12.6. The Kier molecular flexibility index (Phi) is 7.43. The van der Waals surface area contributed by atoms with E-state index in [4.69, 9.17) is 16.3 Å². The molecule has 1 heterocycles. The third-order valence-electron chi connectivity index (χ3n) is 7.69. The molecule has 2 fully saturated rings. The number of amides is 1. The molecule has 1 N–H and O–H groups in total. The van der Waals surface area contributed by atoms with Gasteiger partial charge in [-0.1, -0.05) is 42.8 Å². The molecule has 0 atom stereocenters. The molecular formula is C30H40ClN3O2. The summed E-state index contributed by atoms with van der Waals surface area (Å²) in [5.41, 5.74) is 5.15. The van der Waals surface area contributed by atoms with Crippen LogP contribution >= 0.6 is 11.6 Å². The van der Waals surface area contributed by atoms with Crippen molar-refractivity contribution in [1.82, 2.24) is 10.2 Å². The number of halogens is 1. The Balaban J connectivity index is 1.56. The van der Waals surface area contributed by atoms with Crippen molar-refractivity contribution in [2.45, 2.75) is 77.9 Å². The number of ether oxygens (including phenoxy) is 1. The Morgan fingerprint density at radius 1 is 1.22 bits per heavy atom. The molecule has 1 aromatic carbocycles. The van der Waals surface area contributed by atoms with Gasteiger partial charge in [0.25, 0.3) is 0 Å². The first-order valence-corrected chi connectivity index (χ1v) is 13.5. The topological polar surface area (TPSA) is 53.9 Å². The van der Waals surface area contributed by atoms with E-state index in [0.29, 0.717) is 0 Å². The molecule has 194 valence electrons. The van der Waals surface area contributed by atoms with E-state index in [2.05, 4.69) is 60.6 Å². The van der Waals surface area contributed by atoms with Gasteiger partial charge in [0, 0.05) is 30.9 Å². The lowest BCUT2D eigenvalue weighted by molar-refractivity contribution is -0.0517. The fraction of sp³-hybridized carbons (Fsp3) is 0.533. The standard InChI is InChI=1S/C30H40ClN3O2/c1-7-9-22-12-13-23(18-26(22)32-6)33-30(24-10-8-11-25(31)21(24)2)19-29(20-30)14-16-34(17-15-29)27(35)36-28(3,4)5/h8-13,18,33H,7,14-17,19-20H2,1-6H3/b22-9-,32-26?. The van der Waals surface area contributed by atoms with Crippen LogP contribution in [0.4, 0.5) is 4.79 Å². The molecule has 1 aliphatic heterocycles. The summed E-state index contributed by atoms with van der Waals surface area (Å²) in [7, 11) is 1.85. The Labute approximate surface area is 221 Å². The number of piperidine rings is 1. The maximum absolute atomic E-state index is 12.6. The number of carbonyl (C=O) groups is 1. The smallest absolute Gasteiger partial charge is 0.410 e. The van der Waals surface area contributed by atoms with Crippen molar-refractivity contribution in [1.29, 1.82) is 0 Å². The number of nitrogens with zero attached hydrogens (tertiary/aromatic N) is 2. The van der Waals surface area contributed by atoms with Crippen molar-refractivity contribution in [3.63, 3.8) is 0 Å². The van der Waals surface area contributed by atoms with Crippen molar-refractivity contribution in [3.05, 3.63) is 69.9 Å². The number of likely N-dealkylation sites (tertiary alicyclic amines) is 1. The van der Waals surface area contributed by atoms with Crippen molar-refractivity contribution >= 4 is 23.4 Å². The summed E-state index contributed by atoms with van der Waals surface area (Å²) in [6.07, 6.45) is 13.4. The molecule has 2 aliphatic carbocycles. The van der Waals surface area contributed by atoms with Crippen LogP contribution in [0.15, 0.2) is 58.8 Å². The first-order chi connectivity index (χ1) is 17.0. The predicted octanol–water partition coefficient (Wildman–Crippen LogP) is 7.11. The molecule has 1 saturated carbocycles. The lowest BCUT2D eigenvalue weighted by Crippen LogP contribution is -2.61. The van der Waals surface area contributed by atoms with Crippen molar-refractivity contribution in [2.24, 2.45) is 10.4 Å². The second kappa shape index (κ2) is 10.1. The van der Waals surface area contributed by atoms with Gasteiger partial charge in [-0.15, -0.1) is 0 Å². The Morgan fingerprint density at radius 2 is 1.92 bits per heavy atom. The normalized spacial score (nSPS) is 23.0. The van der Waals surface area contributed by atoms with Gasteiger partial charge in [-0.3, -0.25) is 4.99 Å². The Hall–Kier alpha value is -2.53. The number of aliphatic imine (C=N–C) groups is 1. The van der Waals surface area contributed by atoms with E-state index in [9.17, 15) is 4.79 Å². The molecule has 1 aromatic rings. The molecule has 0 bridgehead atoms. The van der Waals surface area contributed by atoms with Gasteiger partial charge in [-0.05, 0) is 100 Å². The molecule has 1 saturated heterocycles. The van der Waals surface area contributed by atoms with Crippen LogP contribution in [0.2, 0.25) is 5.02 Å². The second-order valence-corrected chi connectivity index (χ2v) is 12.0. The van der Waals surface area contributed by atoms with Gasteiger partial charge in [-0.25, -0.2) is 4.79 Å². The highest BCUT2D eigenvalue weighted by molar-refractivity contribution is 6.31. The number of carbonyl (C=O) groups excluding carboxylic acids is 1. The molecule has 3 aliphatic rings. The highest BCUT2D eigenvalue weighted by Crippen LogP contribution is 2.60. The number of rotatable bonds is 4. The maximum Gasteiger partial charge on any atom is 0.410 e. The highest BCUT2D eigenvalue weighted by Gasteiger charge is 2.57. The fourth-order valence-corrected chi connectivity index (χ4v) is 6.20. The quantitative estimate of drug-likeness (QED) is 0.470. The number of nitrogens with one attached hydrogen (secondary N) is 1. The molecule has 0 unspecified atom stereocenters. The summed E-state index contributed by atoms with van der Waals surface area (Å²) in [6.45, 7) is 11.5. The van der Waals surface area contributed by atoms with E-state index in [-0.39, 0.29) is 17.0 Å². The number of allylic oxidation sites excluding steroid dienone is 5. The third kappa shape index (κ3) is 5.41. The minimum absolute atomic E-state index is 0.202. The zero-order valence-corrected chi connectivity index (χ0v) is 23.3. The van der Waals surface area contributed by atoms with Gasteiger partial charge in [0.2, 0.25) is 0 Å². The summed E-state index contributed by atoms with van der Waals surface area (Å²) in [5, 5.41) is 4.72. The first kappa shape index (κ1) is 26.5.